The maximum Gasteiger partial charge on any atom is 0.290 e. The Balaban J connectivity index is 2.08. The molecule has 0 amide bonds. The minimum absolute atomic E-state index is 0.268. The van der Waals surface area contributed by atoms with Crippen molar-refractivity contribution in [3.8, 4) is 11.5 Å². The summed E-state index contributed by atoms with van der Waals surface area (Å²) in [6.45, 7) is 1.53. The SMILES string of the molecule is Cc1cccc([N+](=O)[O-])c1S(=O)(=O)N(C)c1ccccc1Oc1ccccc1. The van der Waals surface area contributed by atoms with Crippen LogP contribution in [0.5, 0.6) is 11.5 Å². The van der Waals surface area contributed by atoms with Gasteiger partial charge >= 0.3 is 0 Å². The Morgan fingerprint density at radius 1 is 0.929 bits per heavy atom. The summed E-state index contributed by atoms with van der Waals surface area (Å²) < 4.78 is 33.3. The molecule has 0 fully saturated rings. The fraction of sp³-hybridized carbons (Fsp3) is 0.100. The minimum atomic E-state index is -4.20. The average molecular weight is 398 g/mol. The zero-order valence-corrected chi connectivity index (χ0v) is 16.1. The highest BCUT2D eigenvalue weighted by molar-refractivity contribution is 7.93. The van der Waals surface area contributed by atoms with Crippen LogP contribution in [0, 0.1) is 17.0 Å². The molecule has 3 aromatic rings. The van der Waals surface area contributed by atoms with E-state index in [1.54, 1.807) is 48.5 Å². The summed E-state index contributed by atoms with van der Waals surface area (Å²) in [4.78, 5) is 10.4. The van der Waals surface area contributed by atoms with Crippen molar-refractivity contribution in [3.63, 3.8) is 0 Å². The number of sulfonamides is 1. The Morgan fingerprint density at radius 3 is 2.25 bits per heavy atom. The molecule has 0 bridgehead atoms. The van der Waals surface area contributed by atoms with E-state index in [4.69, 9.17) is 4.74 Å². The summed E-state index contributed by atoms with van der Waals surface area (Å²) >= 11 is 0. The largest absolute Gasteiger partial charge is 0.455 e. The number of nitro benzene ring substituents is 1. The highest BCUT2D eigenvalue weighted by Gasteiger charge is 2.32. The van der Waals surface area contributed by atoms with Gasteiger partial charge in [0.1, 0.15) is 5.75 Å². The normalized spacial score (nSPS) is 11.1. The van der Waals surface area contributed by atoms with E-state index in [0.717, 1.165) is 4.31 Å². The maximum atomic E-state index is 13.2. The van der Waals surface area contributed by atoms with Crippen LogP contribution in [-0.2, 0) is 10.0 Å². The number of para-hydroxylation sites is 3. The zero-order valence-electron chi connectivity index (χ0n) is 15.3. The number of rotatable bonds is 6. The van der Waals surface area contributed by atoms with Crippen LogP contribution < -0.4 is 9.04 Å². The van der Waals surface area contributed by atoms with Gasteiger partial charge in [-0.15, -0.1) is 0 Å². The Morgan fingerprint density at radius 2 is 1.57 bits per heavy atom. The summed E-state index contributed by atoms with van der Waals surface area (Å²) in [5.74, 6) is 0.860. The van der Waals surface area contributed by atoms with Gasteiger partial charge in [0.15, 0.2) is 10.6 Å². The molecule has 8 heteroatoms. The predicted molar refractivity (Wildman–Crippen MR) is 106 cm³/mol. The molecule has 0 aliphatic heterocycles. The number of aryl methyl sites for hydroxylation is 1. The molecule has 0 aliphatic rings. The first-order chi connectivity index (χ1) is 13.3. The van der Waals surface area contributed by atoms with Crippen LogP contribution in [0.25, 0.3) is 0 Å². The van der Waals surface area contributed by atoms with Gasteiger partial charge in [-0.2, -0.15) is 0 Å². The van der Waals surface area contributed by atoms with E-state index >= 15 is 0 Å². The van der Waals surface area contributed by atoms with Crippen LogP contribution in [0.1, 0.15) is 5.56 Å². The van der Waals surface area contributed by atoms with E-state index in [1.165, 1.54) is 32.2 Å². The second-order valence-electron chi connectivity index (χ2n) is 6.04. The lowest BCUT2D eigenvalue weighted by molar-refractivity contribution is -0.387. The molecule has 0 N–H and O–H groups in total. The van der Waals surface area contributed by atoms with Gasteiger partial charge in [-0.25, -0.2) is 8.42 Å². The molecule has 0 heterocycles. The predicted octanol–water partition coefficient (Wildman–Crippen LogP) is 4.52. The lowest BCUT2D eigenvalue weighted by Crippen LogP contribution is -2.28. The first kappa shape index (κ1) is 19.4. The van der Waals surface area contributed by atoms with Crippen molar-refractivity contribution < 1.29 is 18.1 Å². The number of nitrogens with zero attached hydrogens (tertiary/aromatic N) is 2. The second-order valence-corrected chi connectivity index (χ2v) is 7.94. The molecule has 0 aromatic heterocycles. The van der Waals surface area contributed by atoms with E-state index in [1.807, 2.05) is 6.07 Å². The van der Waals surface area contributed by atoms with Crippen LogP contribution in [0.4, 0.5) is 11.4 Å². The van der Waals surface area contributed by atoms with Crippen LogP contribution in [0.3, 0.4) is 0 Å². The summed E-state index contributed by atoms with van der Waals surface area (Å²) in [5.41, 5.74) is 0.0970. The first-order valence-electron chi connectivity index (χ1n) is 8.37. The highest BCUT2D eigenvalue weighted by atomic mass is 32.2. The van der Waals surface area contributed by atoms with E-state index < -0.39 is 20.6 Å². The zero-order chi connectivity index (χ0) is 20.3. The number of nitro groups is 1. The summed E-state index contributed by atoms with van der Waals surface area (Å²) in [7, 11) is -2.86. The minimum Gasteiger partial charge on any atom is -0.455 e. The Hall–Kier alpha value is -3.39. The van der Waals surface area contributed by atoms with E-state index in [0.29, 0.717) is 17.1 Å². The molecule has 0 saturated heterocycles. The van der Waals surface area contributed by atoms with Gasteiger partial charge in [0.05, 0.1) is 10.6 Å². The van der Waals surface area contributed by atoms with Crippen molar-refractivity contribution in [1.82, 2.24) is 0 Å². The molecule has 0 saturated carbocycles. The Bertz CT molecular complexity index is 1110. The molecule has 28 heavy (non-hydrogen) atoms. The highest BCUT2D eigenvalue weighted by Crippen LogP contribution is 2.37. The number of ether oxygens (including phenoxy) is 1. The van der Waals surface area contributed by atoms with Gasteiger partial charge in [0.25, 0.3) is 15.7 Å². The van der Waals surface area contributed by atoms with Crippen molar-refractivity contribution in [2.45, 2.75) is 11.8 Å². The smallest absolute Gasteiger partial charge is 0.290 e. The van der Waals surface area contributed by atoms with Gasteiger partial charge in [-0.1, -0.05) is 42.5 Å². The van der Waals surface area contributed by atoms with Crippen LogP contribution in [0.2, 0.25) is 0 Å². The number of benzene rings is 3. The van der Waals surface area contributed by atoms with Crippen LogP contribution >= 0.6 is 0 Å². The van der Waals surface area contributed by atoms with Gasteiger partial charge in [-0.3, -0.25) is 14.4 Å². The molecular formula is C20H18N2O5S. The maximum absolute atomic E-state index is 13.2. The molecule has 3 rings (SSSR count). The van der Waals surface area contributed by atoms with E-state index in [-0.39, 0.29) is 10.6 Å². The Labute approximate surface area is 163 Å². The number of anilines is 1. The molecule has 0 atom stereocenters. The van der Waals surface area contributed by atoms with E-state index in [9.17, 15) is 18.5 Å². The molecule has 7 nitrogen and oxygen atoms in total. The van der Waals surface area contributed by atoms with E-state index in [2.05, 4.69) is 0 Å². The topological polar surface area (TPSA) is 89.8 Å². The van der Waals surface area contributed by atoms with Crippen molar-refractivity contribution in [1.29, 1.82) is 0 Å². The van der Waals surface area contributed by atoms with Crippen molar-refractivity contribution >= 4 is 21.4 Å². The van der Waals surface area contributed by atoms with Crippen molar-refractivity contribution in [3.05, 3.63) is 88.5 Å². The fourth-order valence-corrected chi connectivity index (χ4v) is 4.37. The monoisotopic (exact) mass is 398 g/mol. The third-order valence-electron chi connectivity index (χ3n) is 4.18. The van der Waals surface area contributed by atoms with Gasteiger partial charge in [-0.05, 0) is 36.8 Å². The molecule has 0 radical (unpaired) electrons. The fourth-order valence-electron chi connectivity index (χ4n) is 2.80. The molecule has 3 aromatic carbocycles. The molecule has 0 aliphatic carbocycles. The summed E-state index contributed by atoms with van der Waals surface area (Å²) in [5, 5.41) is 11.4. The third-order valence-corrected chi connectivity index (χ3v) is 6.15. The summed E-state index contributed by atoms with van der Waals surface area (Å²) in [6, 6.07) is 19.7. The van der Waals surface area contributed by atoms with Crippen molar-refractivity contribution in [2.75, 3.05) is 11.4 Å². The number of hydrogen-bond acceptors (Lipinski definition) is 5. The van der Waals surface area contributed by atoms with Crippen molar-refractivity contribution in [2.24, 2.45) is 0 Å². The number of hydrogen-bond donors (Lipinski definition) is 0. The molecule has 144 valence electrons. The third kappa shape index (κ3) is 3.67. The van der Waals surface area contributed by atoms with Gasteiger partial charge in [0.2, 0.25) is 0 Å². The quantitative estimate of drug-likeness (QED) is 0.450. The first-order valence-corrected chi connectivity index (χ1v) is 9.81. The van der Waals surface area contributed by atoms with Gasteiger partial charge in [0, 0.05) is 13.1 Å². The van der Waals surface area contributed by atoms with Crippen LogP contribution in [0.15, 0.2) is 77.7 Å². The van der Waals surface area contributed by atoms with Gasteiger partial charge < -0.3 is 4.74 Å². The average Bonchev–Trinajstić information content (AvgIpc) is 2.68. The van der Waals surface area contributed by atoms with Crippen LogP contribution in [-0.4, -0.2) is 20.4 Å². The lowest BCUT2D eigenvalue weighted by Gasteiger charge is -2.23. The molecular weight excluding hydrogens is 380 g/mol. The standard InChI is InChI=1S/C20H18N2O5S/c1-15-9-8-13-18(22(23)24)20(15)28(25,26)21(2)17-12-6-7-14-19(17)27-16-10-4-3-5-11-16/h3-14H,1-2H3. The summed E-state index contributed by atoms with van der Waals surface area (Å²) in [6.07, 6.45) is 0. The lowest BCUT2D eigenvalue weighted by atomic mass is 10.2. The Kier molecular flexibility index (Phi) is 5.32. The second kappa shape index (κ2) is 7.69. The molecule has 0 spiro atoms. The molecule has 0 unspecified atom stereocenters.